The molecule has 0 aromatic rings. The summed E-state index contributed by atoms with van der Waals surface area (Å²) in [5.74, 6) is 1.98. The Balaban J connectivity index is 1.57. The fourth-order valence-corrected chi connectivity index (χ4v) is 4.51. The Kier molecular flexibility index (Phi) is 5.37. The van der Waals surface area contributed by atoms with Crippen LogP contribution in [0.1, 0.15) is 66.2 Å². The average Bonchev–Trinajstić information content (AvgIpc) is 2.48. The molecule has 0 aromatic heterocycles. The molecule has 0 spiro atoms. The first-order chi connectivity index (χ1) is 10.6. The number of hydroxylamine groups is 4. The highest BCUT2D eigenvalue weighted by Crippen LogP contribution is 2.37. The maximum Gasteiger partial charge on any atom is 0.0741 e. The minimum absolute atomic E-state index is 0.164. The zero-order chi connectivity index (χ0) is 15.7. The van der Waals surface area contributed by atoms with Crippen molar-refractivity contribution in [2.45, 2.75) is 78.3 Å². The summed E-state index contributed by atoms with van der Waals surface area (Å²) in [6.07, 6.45) is 7.24. The van der Waals surface area contributed by atoms with Gasteiger partial charge in [-0.1, -0.05) is 60.5 Å². The van der Waals surface area contributed by atoms with E-state index < -0.39 is 0 Å². The van der Waals surface area contributed by atoms with E-state index in [2.05, 4.69) is 27.7 Å². The van der Waals surface area contributed by atoms with E-state index in [1.54, 1.807) is 0 Å². The molecule has 1 saturated heterocycles. The third-order valence-electron chi connectivity index (χ3n) is 5.82. The second-order valence-electron chi connectivity index (χ2n) is 7.62. The predicted octanol–water partition coefficient (Wildman–Crippen LogP) is 3.81. The minimum Gasteiger partial charge on any atom is -0.0897 e. The van der Waals surface area contributed by atoms with Crippen molar-refractivity contribution >= 4 is 0 Å². The lowest BCUT2D eigenvalue weighted by Gasteiger charge is -2.44. The lowest BCUT2D eigenvalue weighted by atomic mass is 9.79. The molecule has 3 fully saturated rings. The molecule has 0 radical (unpaired) electrons. The molecule has 0 bridgehead atoms. The Hall–Kier alpha value is -0.240. The Morgan fingerprint density at radius 2 is 0.818 bits per heavy atom. The lowest BCUT2D eigenvalue weighted by molar-refractivity contribution is -0.795. The van der Waals surface area contributed by atoms with E-state index in [4.69, 9.17) is 20.0 Å². The first kappa shape index (κ1) is 16.6. The van der Waals surface area contributed by atoms with Crippen LogP contribution >= 0.6 is 0 Å². The molecule has 0 amide bonds. The summed E-state index contributed by atoms with van der Waals surface area (Å²) in [7, 11) is 0. The van der Waals surface area contributed by atoms with E-state index >= 15 is 0 Å². The Morgan fingerprint density at radius 1 is 0.545 bits per heavy atom. The van der Waals surface area contributed by atoms with Gasteiger partial charge in [-0.2, -0.15) is 0 Å². The normalized spacial score (nSPS) is 45.8. The van der Waals surface area contributed by atoms with Crippen LogP contribution in [-0.4, -0.2) is 22.5 Å². The van der Waals surface area contributed by atoms with Crippen molar-refractivity contribution in [3.05, 3.63) is 0 Å². The van der Waals surface area contributed by atoms with Gasteiger partial charge in [0.25, 0.3) is 0 Å². The van der Waals surface area contributed by atoms with Gasteiger partial charge in [-0.3, -0.25) is 0 Å². The summed E-state index contributed by atoms with van der Waals surface area (Å²) in [4.78, 5) is 21.7. The Morgan fingerprint density at radius 3 is 1.09 bits per heavy atom. The highest BCUT2D eigenvalue weighted by atomic mass is 17.6. The molecule has 4 atom stereocenters. The summed E-state index contributed by atoms with van der Waals surface area (Å²) in [6, 6.07) is 0.328. The van der Waals surface area contributed by atoms with Gasteiger partial charge in [-0.15, -0.1) is 0 Å². The van der Waals surface area contributed by atoms with E-state index in [0.29, 0.717) is 23.7 Å². The molecule has 1 heterocycles. The summed E-state index contributed by atoms with van der Waals surface area (Å²) in [5.41, 5.74) is 0. The largest absolute Gasteiger partial charge is 0.0897 e. The molecule has 1 aliphatic heterocycles. The molecule has 0 N–H and O–H groups in total. The van der Waals surface area contributed by atoms with Crippen molar-refractivity contribution in [3.63, 3.8) is 0 Å². The first-order valence-electron chi connectivity index (χ1n) is 8.86. The van der Waals surface area contributed by atoms with Crippen LogP contribution in [0.2, 0.25) is 0 Å². The van der Waals surface area contributed by atoms with Crippen LogP contribution in [0, 0.1) is 23.7 Å². The highest BCUT2D eigenvalue weighted by Gasteiger charge is 2.43. The van der Waals surface area contributed by atoms with E-state index in [0.717, 1.165) is 0 Å². The van der Waals surface area contributed by atoms with Crippen LogP contribution in [0.15, 0.2) is 0 Å². The smallest absolute Gasteiger partial charge is 0.0741 e. The molecule has 2 aliphatic carbocycles. The van der Waals surface area contributed by atoms with Crippen molar-refractivity contribution in [3.8, 4) is 0 Å². The first-order valence-corrected chi connectivity index (χ1v) is 8.86. The number of rotatable bonds is 2. The monoisotopic (exact) mass is 314 g/mol. The summed E-state index contributed by atoms with van der Waals surface area (Å²) < 4.78 is 0. The third kappa shape index (κ3) is 3.32. The van der Waals surface area contributed by atoms with Crippen molar-refractivity contribution in [1.82, 2.24) is 10.5 Å². The highest BCUT2D eigenvalue weighted by molar-refractivity contribution is 4.82. The van der Waals surface area contributed by atoms with Gasteiger partial charge in [-0.05, 0) is 49.4 Å². The molecule has 6 heteroatoms. The van der Waals surface area contributed by atoms with Crippen LogP contribution in [0.25, 0.3) is 0 Å². The molecular formula is C16H30N2O4. The molecule has 4 unspecified atom stereocenters. The van der Waals surface area contributed by atoms with E-state index in [1.165, 1.54) is 49.0 Å². The van der Waals surface area contributed by atoms with Gasteiger partial charge in [0.05, 0.1) is 12.1 Å². The zero-order valence-electron chi connectivity index (χ0n) is 14.2. The molecule has 6 nitrogen and oxygen atoms in total. The maximum atomic E-state index is 5.43. The molecule has 0 aromatic carbocycles. The third-order valence-corrected chi connectivity index (χ3v) is 5.82. The molecule has 2 saturated carbocycles. The fraction of sp³-hybridized carbons (Fsp3) is 1.00. The maximum absolute atomic E-state index is 5.43. The summed E-state index contributed by atoms with van der Waals surface area (Å²) in [5, 5.41) is 2.81. The van der Waals surface area contributed by atoms with Gasteiger partial charge in [0.1, 0.15) is 0 Å². The minimum atomic E-state index is 0.164. The molecule has 3 aliphatic rings. The number of hydrogen-bond donors (Lipinski definition) is 0. The van der Waals surface area contributed by atoms with Crippen molar-refractivity contribution in [1.29, 1.82) is 0 Å². The number of nitrogens with zero attached hydrogens (tertiary/aromatic N) is 2. The van der Waals surface area contributed by atoms with Crippen LogP contribution in [0.3, 0.4) is 0 Å². The van der Waals surface area contributed by atoms with Gasteiger partial charge < -0.3 is 0 Å². The van der Waals surface area contributed by atoms with Crippen molar-refractivity contribution in [2.24, 2.45) is 23.7 Å². The molecular weight excluding hydrogens is 284 g/mol. The molecule has 22 heavy (non-hydrogen) atoms. The van der Waals surface area contributed by atoms with Gasteiger partial charge >= 0.3 is 0 Å². The van der Waals surface area contributed by atoms with Crippen LogP contribution in [0.4, 0.5) is 0 Å². The van der Waals surface area contributed by atoms with E-state index in [1.807, 2.05) is 0 Å². The zero-order valence-corrected chi connectivity index (χ0v) is 14.2. The lowest BCUT2D eigenvalue weighted by Crippen LogP contribution is -2.55. The second kappa shape index (κ2) is 7.11. The van der Waals surface area contributed by atoms with Gasteiger partial charge in [-0.25, -0.2) is 0 Å². The predicted molar refractivity (Wildman–Crippen MR) is 80.0 cm³/mol. The van der Waals surface area contributed by atoms with Crippen LogP contribution in [-0.2, 0) is 20.0 Å². The second-order valence-corrected chi connectivity index (χ2v) is 7.62. The van der Waals surface area contributed by atoms with E-state index in [9.17, 15) is 0 Å². The van der Waals surface area contributed by atoms with Gasteiger partial charge in [0.15, 0.2) is 0 Å². The van der Waals surface area contributed by atoms with Crippen LogP contribution < -0.4 is 0 Å². The summed E-state index contributed by atoms with van der Waals surface area (Å²) in [6.45, 7) is 8.91. The van der Waals surface area contributed by atoms with E-state index in [-0.39, 0.29) is 12.1 Å². The SMILES string of the molecule is CC1CCCC(C)C1N1OON(C2C(C)CCCC2C)OO1. The van der Waals surface area contributed by atoms with Crippen molar-refractivity contribution < 1.29 is 20.0 Å². The number of hydrogen-bond acceptors (Lipinski definition) is 6. The van der Waals surface area contributed by atoms with Crippen LogP contribution in [0.5, 0.6) is 0 Å². The topological polar surface area (TPSA) is 43.4 Å². The molecule has 128 valence electrons. The standard InChI is InChI=1S/C16H30N2O4/c1-11-7-5-8-12(2)15(11)17-19-21-18(22-20-17)16-13(3)9-6-10-14(16)4/h11-16H,5-10H2,1-4H3. The Bertz CT molecular complexity index is 308. The van der Waals surface area contributed by atoms with Gasteiger partial charge in [0.2, 0.25) is 0 Å². The Labute approximate surface area is 133 Å². The van der Waals surface area contributed by atoms with Gasteiger partial charge in [0, 0.05) is 10.5 Å². The average molecular weight is 314 g/mol. The summed E-state index contributed by atoms with van der Waals surface area (Å²) >= 11 is 0. The fourth-order valence-electron chi connectivity index (χ4n) is 4.51. The van der Waals surface area contributed by atoms with Crippen molar-refractivity contribution in [2.75, 3.05) is 0 Å². The molecule has 3 rings (SSSR count). The quantitative estimate of drug-likeness (QED) is 0.722.